The predicted molar refractivity (Wildman–Crippen MR) is 60.8 cm³/mol. The molecule has 0 aliphatic carbocycles. The molecule has 1 rings (SSSR count). The molecule has 0 bridgehead atoms. The van der Waals surface area contributed by atoms with E-state index in [1.54, 1.807) is 13.0 Å². The van der Waals surface area contributed by atoms with Crippen molar-refractivity contribution in [3.63, 3.8) is 0 Å². The monoisotopic (exact) mass is 225 g/mol. The molecule has 0 fully saturated rings. The first kappa shape index (κ1) is 12.5. The molecular formula is C12H16FNO2. The summed E-state index contributed by atoms with van der Waals surface area (Å²) in [6.07, 6.45) is 0. The second kappa shape index (κ2) is 5.49. The van der Waals surface area contributed by atoms with Gasteiger partial charge in [0.05, 0.1) is 13.0 Å². The van der Waals surface area contributed by atoms with Crippen LogP contribution in [0.25, 0.3) is 0 Å². The Kier molecular flexibility index (Phi) is 4.28. The van der Waals surface area contributed by atoms with Crippen LogP contribution in [-0.4, -0.2) is 19.6 Å². The number of aryl methyl sites for hydroxylation is 1. The van der Waals surface area contributed by atoms with E-state index in [-0.39, 0.29) is 17.7 Å². The minimum atomic E-state index is -0.293. The van der Waals surface area contributed by atoms with E-state index >= 15 is 0 Å². The molecule has 1 unspecified atom stereocenters. The number of hydrogen-bond acceptors (Lipinski definition) is 3. The molecule has 0 spiro atoms. The van der Waals surface area contributed by atoms with Gasteiger partial charge in [0.15, 0.2) is 0 Å². The Hall–Kier alpha value is -1.58. The molecule has 1 N–H and O–H groups in total. The first-order valence-electron chi connectivity index (χ1n) is 5.12. The normalized spacial score (nSPS) is 12.0. The molecule has 3 nitrogen and oxygen atoms in total. The summed E-state index contributed by atoms with van der Waals surface area (Å²) in [6.45, 7) is 4.06. The van der Waals surface area contributed by atoms with Crippen molar-refractivity contribution in [3.05, 3.63) is 29.6 Å². The zero-order chi connectivity index (χ0) is 12.1. The number of anilines is 1. The molecule has 0 aliphatic rings. The van der Waals surface area contributed by atoms with Crippen molar-refractivity contribution in [2.24, 2.45) is 5.92 Å². The standard InChI is InChI=1S/C12H16FNO2/c1-8-4-5-10(13)6-11(8)14-7-9(2)12(15)16-3/h4-6,9,14H,7H2,1-3H3. The van der Waals surface area contributed by atoms with E-state index in [9.17, 15) is 9.18 Å². The van der Waals surface area contributed by atoms with Crippen molar-refractivity contribution in [1.82, 2.24) is 0 Å². The highest BCUT2D eigenvalue weighted by Gasteiger charge is 2.12. The van der Waals surface area contributed by atoms with Gasteiger partial charge in [-0.1, -0.05) is 13.0 Å². The van der Waals surface area contributed by atoms with Gasteiger partial charge in [0.1, 0.15) is 5.82 Å². The number of nitrogens with one attached hydrogen (secondary N) is 1. The highest BCUT2D eigenvalue weighted by molar-refractivity contribution is 5.72. The fraction of sp³-hybridized carbons (Fsp3) is 0.417. The summed E-state index contributed by atoms with van der Waals surface area (Å²) in [5.41, 5.74) is 1.65. The van der Waals surface area contributed by atoms with Gasteiger partial charge in [0.2, 0.25) is 0 Å². The number of benzene rings is 1. The molecule has 1 aromatic carbocycles. The smallest absolute Gasteiger partial charge is 0.310 e. The van der Waals surface area contributed by atoms with Gasteiger partial charge < -0.3 is 10.1 Å². The predicted octanol–water partition coefficient (Wildman–Crippen LogP) is 2.36. The van der Waals surface area contributed by atoms with Crippen LogP contribution in [-0.2, 0) is 9.53 Å². The third kappa shape index (κ3) is 3.22. The van der Waals surface area contributed by atoms with Crippen LogP contribution in [0.15, 0.2) is 18.2 Å². The molecule has 0 radical (unpaired) electrons. The van der Waals surface area contributed by atoms with Crippen LogP contribution >= 0.6 is 0 Å². The van der Waals surface area contributed by atoms with E-state index in [0.29, 0.717) is 12.2 Å². The zero-order valence-corrected chi connectivity index (χ0v) is 9.71. The number of ether oxygens (including phenoxy) is 1. The van der Waals surface area contributed by atoms with Gasteiger partial charge in [0.25, 0.3) is 0 Å². The lowest BCUT2D eigenvalue weighted by molar-refractivity contribution is -0.144. The number of rotatable bonds is 4. The largest absolute Gasteiger partial charge is 0.469 e. The fourth-order valence-corrected chi connectivity index (χ4v) is 1.33. The SMILES string of the molecule is COC(=O)C(C)CNc1cc(F)ccc1C. The maximum Gasteiger partial charge on any atom is 0.310 e. The summed E-state index contributed by atoms with van der Waals surface area (Å²) in [5.74, 6) is -0.826. The maximum absolute atomic E-state index is 13.0. The van der Waals surface area contributed by atoms with Crippen molar-refractivity contribution in [1.29, 1.82) is 0 Å². The topological polar surface area (TPSA) is 38.3 Å². The van der Waals surface area contributed by atoms with E-state index < -0.39 is 0 Å². The summed E-state index contributed by atoms with van der Waals surface area (Å²) in [7, 11) is 1.35. The first-order chi connectivity index (χ1) is 7.54. The molecule has 16 heavy (non-hydrogen) atoms. The van der Waals surface area contributed by atoms with Crippen LogP contribution < -0.4 is 5.32 Å². The molecule has 0 saturated heterocycles. The second-order valence-corrected chi connectivity index (χ2v) is 3.76. The highest BCUT2D eigenvalue weighted by atomic mass is 19.1. The quantitative estimate of drug-likeness (QED) is 0.799. The maximum atomic E-state index is 13.0. The summed E-state index contributed by atoms with van der Waals surface area (Å²) in [5, 5.41) is 3.03. The van der Waals surface area contributed by atoms with Crippen LogP contribution in [0.1, 0.15) is 12.5 Å². The Morgan fingerprint density at radius 1 is 1.56 bits per heavy atom. The number of hydrogen-bond donors (Lipinski definition) is 1. The van der Waals surface area contributed by atoms with E-state index in [4.69, 9.17) is 0 Å². The van der Waals surface area contributed by atoms with Crippen molar-refractivity contribution in [3.8, 4) is 0 Å². The van der Waals surface area contributed by atoms with Crippen LogP contribution in [0.4, 0.5) is 10.1 Å². The van der Waals surface area contributed by atoms with Gasteiger partial charge in [-0.25, -0.2) is 4.39 Å². The van der Waals surface area contributed by atoms with Crippen LogP contribution in [0, 0.1) is 18.7 Å². The molecule has 0 heterocycles. The third-order valence-electron chi connectivity index (χ3n) is 2.40. The van der Waals surface area contributed by atoms with Crippen LogP contribution in [0.2, 0.25) is 0 Å². The summed E-state index contributed by atoms with van der Waals surface area (Å²) >= 11 is 0. The highest BCUT2D eigenvalue weighted by Crippen LogP contribution is 2.16. The molecule has 0 saturated carbocycles. The molecule has 88 valence electrons. The zero-order valence-electron chi connectivity index (χ0n) is 9.71. The van der Waals surface area contributed by atoms with Crippen LogP contribution in [0.3, 0.4) is 0 Å². The molecule has 0 aromatic heterocycles. The van der Waals surface area contributed by atoms with Crippen molar-refractivity contribution < 1.29 is 13.9 Å². The Morgan fingerprint density at radius 3 is 2.88 bits per heavy atom. The van der Waals surface area contributed by atoms with Gasteiger partial charge in [-0.05, 0) is 24.6 Å². The van der Waals surface area contributed by atoms with Gasteiger partial charge in [-0.3, -0.25) is 4.79 Å². The fourth-order valence-electron chi connectivity index (χ4n) is 1.33. The van der Waals surface area contributed by atoms with Crippen LogP contribution in [0.5, 0.6) is 0 Å². The minimum Gasteiger partial charge on any atom is -0.469 e. The number of carbonyl (C=O) groups excluding carboxylic acids is 1. The lowest BCUT2D eigenvalue weighted by Crippen LogP contribution is -2.21. The summed E-state index contributed by atoms with van der Waals surface area (Å²) in [6, 6.07) is 4.52. The van der Waals surface area contributed by atoms with Gasteiger partial charge >= 0.3 is 5.97 Å². The Labute approximate surface area is 94.6 Å². The number of esters is 1. The van der Waals surface area contributed by atoms with Gasteiger partial charge in [-0.15, -0.1) is 0 Å². The average Bonchev–Trinajstić information content (AvgIpc) is 2.28. The van der Waals surface area contributed by atoms with E-state index in [1.165, 1.54) is 19.2 Å². The van der Waals surface area contributed by atoms with Gasteiger partial charge in [0, 0.05) is 12.2 Å². The summed E-state index contributed by atoms with van der Waals surface area (Å²) < 4.78 is 17.6. The van der Waals surface area contributed by atoms with Crippen molar-refractivity contribution >= 4 is 11.7 Å². The van der Waals surface area contributed by atoms with Gasteiger partial charge in [-0.2, -0.15) is 0 Å². The number of carbonyl (C=O) groups is 1. The number of methoxy groups -OCH3 is 1. The lowest BCUT2D eigenvalue weighted by atomic mass is 10.1. The molecule has 1 atom stereocenters. The summed E-state index contributed by atoms with van der Waals surface area (Å²) in [4.78, 5) is 11.1. The Morgan fingerprint density at radius 2 is 2.25 bits per heavy atom. The van der Waals surface area contributed by atoms with E-state index in [2.05, 4.69) is 10.1 Å². The first-order valence-corrected chi connectivity index (χ1v) is 5.12. The average molecular weight is 225 g/mol. The van der Waals surface area contributed by atoms with E-state index in [1.807, 2.05) is 6.92 Å². The molecule has 1 aromatic rings. The van der Waals surface area contributed by atoms with Crippen molar-refractivity contribution in [2.45, 2.75) is 13.8 Å². The minimum absolute atomic E-state index is 0.257. The van der Waals surface area contributed by atoms with Crippen molar-refractivity contribution in [2.75, 3.05) is 19.0 Å². The number of halogens is 1. The Bertz CT molecular complexity index is 379. The molecule has 0 aliphatic heterocycles. The Balaban J connectivity index is 2.60. The van der Waals surface area contributed by atoms with E-state index in [0.717, 1.165) is 5.56 Å². The lowest BCUT2D eigenvalue weighted by Gasteiger charge is -2.13. The molecule has 0 amide bonds. The molecule has 4 heteroatoms. The molecular weight excluding hydrogens is 209 g/mol. The second-order valence-electron chi connectivity index (χ2n) is 3.76. The third-order valence-corrected chi connectivity index (χ3v) is 2.40.